The highest BCUT2D eigenvalue weighted by molar-refractivity contribution is 5.39. The minimum Gasteiger partial charge on any atom is -0.493 e. The molecule has 1 aliphatic rings. The number of nitrogens with zero attached hydrogens (tertiary/aromatic N) is 1. The fourth-order valence-electron chi connectivity index (χ4n) is 1.71. The van der Waals surface area contributed by atoms with Crippen LogP contribution >= 0.6 is 0 Å². The van der Waals surface area contributed by atoms with Crippen LogP contribution in [0.4, 0.5) is 0 Å². The van der Waals surface area contributed by atoms with Crippen LogP contribution in [0.25, 0.3) is 0 Å². The van der Waals surface area contributed by atoms with E-state index >= 15 is 0 Å². The molecule has 1 aromatic rings. The normalized spacial score (nSPS) is 18.9. The summed E-state index contributed by atoms with van der Waals surface area (Å²) in [6, 6.07) is 10.1. The molecule has 0 N–H and O–H groups in total. The Morgan fingerprint density at radius 1 is 1.50 bits per heavy atom. The first kappa shape index (κ1) is 8.83. The Balaban J connectivity index is 2.11. The predicted molar refractivity (Wildman–Crippen MR) is 54.0 cm³/mol. The highest BCUT2D eigenvalue weighted by Crippen LogP contribution is 2.35. The summed E-state index contributed by atoms with van der Waals surface area (Å²) in [7, 11) is 0. The van der Waals surface area contributed by atoms with E-state index in [2.05, 4.69) is 6.07 Å². The van der Waals surface area contributed by atoms with Crippen molar-refractivity contribution in [2.45, 2.75) is 12.3 Å². The third kappa shape index (κ3) is 1.62. The Hall–Kier alpha value is -1.75. The average Bonchev–Trinajstić information content (AvgIpc) is 2.63. The molecular weight excluding hydrogens is 174 g/mol. The lowest BCUT2D eigenvalue weighted by Gasteiger charge is -2.03. The van der Waals surface area contributed by atoms with Gasteiger partial charge in [-0.25, -0.2) is 0 Å². The largest absolute Gasteiger partial charge is 0.493 e. The molecule has 0 aromatic heterocycles. The topological polar surface area (TPSA) is 33.0 Å². The summed E-state index contributed by atoms with van der Waals surface area (Å²) in [5, 5.41) is 8.37. The minimum absolute atomic E-state index is 0.413. The number of ether oxygens (including phenoxy) is 1. The zero-order valence-electron chi connectivity index (χ0n) is 7.81. The van der Waals surface area contributed by atoms with Gasteiger partial charge in [0.15, 0.2) is 0 Å². The van der Waals surface area contributed by atoms with Gasteiger partial charge in [-0.1, -0.05) is 24.3 Å². The van der Waals surface area contributed by atoms with E-state index in [0.717, 1.165) is 18.8 Å². The summed E-state index contributed by atoms with van der Waals surface area (Å²) in [4.78, 5) is 0. The van der Waals surface area contributed by atoms with Gasteiger partial charge >= 0.3 is 0 Å². The molecule has 1 unspecified atom stereocenters. The zero-order valence-corrected chi connectivity index (χ0v) is 7.81. The molecular formula is C12H11NO. The smallest absolute Gasteiger partial charge is 0.122 e. The number of nitriles is 1. The molecule has 0 amide bonds. The molecule has 0 spiro atoms. The van der Waals surface area contributed by atoms with E-state index < -0.39 is 0 Å². The highest BCUT2D eigenvalue weighted by Gasteiger charge is 2.21. The van der Waals surface area contributed by atoms with Gasteiger partial charge in [-0.2, -0.15) is 5.26 Å². The van der Waals surface area contributed by atoms with Gasteiger partial charge in [-0.05, 0) is 12.5 Å². The van der Waals surface area contributed by atoms with Crippen molar-refractivity contribution in [3.05, 3.63) is 42.0 Å². The van der Waals surface area contributed by atoms with E-state index in [1.165, 1.54) is 11.6 Å². The Morgan fingerprint density at radius 3 is 3.21 bits per heavy atom. The molecule has 0 saturated carbocycles. The molecule has 70 valence electrons. The van der Waals surface area contributed by atoms with Crippen molar-refractivity contribution < 1.29 is 4.74 Å². The quantitative estimate of drug-likeness (QED) is 0.663. The predicted octanol–water partition coefficient (Wildman–Crippen LogP) is 2.63. The van der Waals surface area contributed by atoms with Crippen molar-refractivity contribution in [2.24, 2.45) is 0 Å². The molecule has 1 atom stereocenters. The van der Waals surface area contributed by atoms with E-state index in [9.17, 15) is 0 Å². The first-order valence-corrected chi connectivity index (χ1v) is 4.68. The summed E-state index contributed by atoms with van der Waals surface area (Å²) < 4.78 is 5.52. The van der Waals surface area contributed by atoms with Crippen molar-refractivity contribution in [3.8, 4) is 11.8 Å². The third-order valence-corrected chi connectivity index (χ3v) is 2.41. The number of para-hydroxylation sites is 1. The molecule has 2 rings (SSSR count). The standard InChI is InChI=1S/C12H11NO/c13-8-4-3-5-10-9-14-12-7-2-1-6-11(10)12/h1-4,6-7,10H,5,9H2. The van der Waals surface area contributed by atoms with Gasteiger partial charge in [0.25, 0.3) is 0 Å². The van der Waals surface area contributed by atoms with Gasteiger partial charge in [0, 0.05) is 17.6 Å². The van der Waals surface area contributed by atoms with Crippen LogP contribution in [-0.2, 0) is 0 Å². The monoisotopic (exact) mass is 185 g/mol. The van der Waals surface area contributed by atoms with Crippen molar-refractivity contribution in [1.29, 1.82) is 5.26 Å². The van der Waals surface area contributed by atoms with Crippen LogP contribution < -0.4 is 4.74 Å². The number of allylic oxidation sites excluding steroid dienone is 2. The first-order chi connectivity index (χ1) is 6.92. The SMILES string of the molecule is N#CC=CCC1COc2ccccc21. The highest BCUT2D eigenvalue weighted by atomic mass is 16.5. The van der Waals surface area contributed by atoms with Crippen LogP contribution in [-0.4, -0.2) is 6.61 Å². The third-order valence-electron chi connectivity index (χ3n) is 2.41. The molecule has 2 heteroatoms. The molecule has 14 heavy (non-hydrogen) atoms. The number of hydrogen-bond acceptors (Lipinski definition) is 2. The summed E-state index contributed by atoms with van der Waals surface area (Å²) in [6.45, 7) is 0.731. The maximum absolute atomic E-state index is 8.37. The van der Waals surface area contributed by atoms with Crippen molar-refractivity contribution in [2.75, 3.05) is 6.61 Å². The van der Waals surface area contributed by atoms with Crippen LogP contribution in [0.2, 0.25) is 0 Å². The fraction of sp³-hybridized carbons (Fsp3) is 0.250. The minimum atomic E-state index is 0.413. The Bertz CT molecular complexity index is 390. The maximum Gasteiger partial charge on any atom is 0.122 e. The summed E-state index contributed by atoms with van der Waals surface area (Å²) in [6.07, 6.45) is 4.31. The summed E-state index contributed by atoms with van der Waals surface area (Å²) in [5.74, 6) is 1.40. The number of benzene rings is 1. The van der Waals surface area contributed by atoms with Gasteiger partial charge < -0.3 is 4.74 Å². The molecule has 2 nitrogen and oxygen atoms in total. The van der Waals surface area contributed by atoms with Gasteiger partial charge in [-0.15, -0.1) is 0 Å². The van der Waals surface area contributed by atoms with Crippen molar-refractivity contribution in [3.63, 3.8) is 0 Å². The molecule has 1 aliphatic heterocycles. The summed E-state index contributed by atoms with van der Waals surface area (Å²) >= 11 is 0. The van der Waals surface area contributed by atoms with Crippen LogP contribution in [0.1, 0.15) is 17.9 Å². The lowest BCUT2D eigenvalue weighted by molar-refractivity contribution is 0.331. The number of fused-ring (bicyclic) bond motifs is 1. The lowest BCUT2D eigenvalue weighted by atomic mass is 9.98. The Labute approximate surface area is 83.4 Å². The van der Waals surface area contributed by atoms with Gasteiger partial charge in [0.1, 0.15) is 5.75 Å². The molecule has 1 heterocycles. The Kier molecular flexibility index (Phi) is 2.51. The fourth-order valence-corrected chi connectivity index (χ4v) is 1.71. The maximum atomic E-state index is 8.37. The van der Waals surface area contributed by atoms with E-state index in [1.807, 2.05) is 30.3 Å². The van der Waals surface area contributed by atoms with E-state index in [-0.39, 0.29) is 0 Å². The second-order valence-electron chi connectivity index (χ2n) is 3.31. The number of rotatable bonds is 2. The van der Waals surface area contributed by atoms with Gasteiger partial charge in [0.2, 0.25) is 0 Å². The van der Waals surface area contributed by atoms with Crippen molar-refractivity contribution >= 4 is 0 Å². The second-order valence-corrected chi connectivity index (χ2v) is 3.31. The number of hydrogen-bond donors (Lipinski definition) is 0. The van der Waals surface area contributed by atoms with Crippen LogP contribution in [0, 0.1) is 11.3 Å². The van der Waals surface area contributed by atoms with Crippen LogP contribution in [0.15, 0.2) is 36.4 Å². The molecule has 0 fully saturated rings. The average molecular weight is 185 g/mol. The van der Waals surface area contributed by atoms with Gasteiger partial charge in [-0.3, -0.25) is 0 Å². The van der Waals surface area contributed by atoms with Crippen molar-refractivity contribution in [1.82, 2.24) is 0 Å². The Morgan fingerprint density at radius 2 is 2.36 bits per heavy atom. The molecule has 0 bridgehead atoms. The van der Waals surface area contributed by atoms with Crippen LogP contribution in [0.3, 0.4) is 0 Å². The zero-order chi connectivity index (χ0) is 9.80. The molecule has 0 radical (unpaired) electrons. The lowest BCUT2D eigenvalue weighted by Crippen LogP contribution is -1.98. The van der Waals surface area contributed by atoms with E-state index in [0.29, 0.717) is 5.92 Å². The van der Waals surface area contributed by atoms with E-state index in [4.69, 9.17) is 10.00 Å². The van der Waals surface area contributed by atoms with Gasteiger partial charge in [0.05, 0.1) is 12.7 Å². The first-order valence-electron chi connectivity index (χ1n) is 4.68. The molecule has 0 aliphatic carbocycles. The van der Waals surface area contributed by atoms with E-state index in [1.54, 1.807) is 0 Å². The molecule has 0 saturated heterocycles. The second kappa shape index (κ2) is 3.97. The molecule has 1 aromatic carbocycles. The van der Waals surface area contributed by atoms with Crippen LogP contribution in [0.5, 0.6) is 5.75 Å². The summed E-state index contributed by atoms with van der Waals surface area (Å²) in [5.41, 5.74) is 1.26.